The molecule has 154 valence electrons. The van der Waals surface area contributed by atoms with Crippen molar-refractivity contribution in [1.82, 2.24) is 0 Å². The molecule has 0 heterocycles. The van der Waals surface area contributed by atoms with E-state index in [-0.39, 0.29) is 24.9 Å². The zero-order chi connectivity index (χ0) is 20.7. The summed E-state index contributed by atoms with van der Waals surface area (Å²) in [4.78, 5) is 0. The van der Waals surface area contributed by atoms with Crippen molar-refractivity contribution in [2.24, 2.45) is 5.92 Å². The Hall–Kier alpha value is -1.82. The standard InChI is InChI=1S/C22H28ClFO4/c1-15(11-23)13-28-21-9-6-17(10-20(21)24)22(2,3)16-4-7-19(8-5-16)27-14-18(26)12-25/h4-10,15,18,25-26H,11-14H2,1-3H3/t15-,18+/m1/s1. The zero-order valence-corrected chi connectivity index (χ0v) is 17.2. The highest BCUT2D eigenvalue weighted by atomic mass is 35.5. The van der Waals surface area contributed by atoms with Crippen LogP contribution in [-0.4, -0.2) is 42.0 Å². The SMILES string of the molecule is C[C@H](CCl)COc1ccc(C(C)(C)c2ccc(OC[C@@H](O)CO)cc2)cc1F. The van der Waals surface area contributed by atoms with E-state index >= 15 is 0 Å². The van der Waals surface area contributed by atoms with Crippen LogP contribution in [0.25, 0.3) is 0 Å². The molecule has 0 aliphatic carbocycles. The first-order valence-corrected chi connectivity index (χ1v) is 9.82. The fourth-order valence-corrected chi connectivity index (χ4v) is 2.75. The zero-order valence-electron chi connectivity index (χ0n) is 16.5. The number of alkyl halides is 1. The molecule has 2 atom stereocenters. The van der Waals surface area contributed by atoms with Crippen LogP contribution in [0.1, 0.15) is 31.9 Å². The van der Waals surface area contributed by atoms with Crippen LogP contribution in [0.2, 0.25) is 0 Å². The molecule has 0 spiro atoms. The van der Waals surface area contributed by atoms with Gasteiger partial charge in [0.25, 0.3) is 0 Å². The molecule has 0 bridgehead atoms. The first-order valence-electron chi connectivity index (χ1n) is 9.29. The van der Waals surface area contributed by atoms with Gasteiger partial charge in [0.2, 0.25) is 0 Å². The average molecular weight is 411 g/mol. The minimum absolute atomic E-state index is 0.0221. The largest absolute Gasteiger partial charge is 0.491 e. The van der Waals surface area contributed by atoms with Crippen LogP contribution < -0.4 is 9.47 Å². The van der Waals surface area contributed by atoms with E-state index in [1.807, 2.05) is 39.0 Å². The van der Waals surface area contributed by atoms with E-state index in [0.717, 1.165) is 11.1 Å². The Morgan fingerprint density at radius 3 is 2.25 bits per heavy atom. The summed E-state index contributed by atoms with van der Waals surface area (Å²) in [6.45, 7) is 6.03. The third kappa shape index (κ3) is 5.84. The van der Waals surface area contributed by atoms with Crippen LogP contribution in [0, 0.1) is 11.7 Å². The summed E-state index contributed by atoms with van der Waals surface area (Å²) in [6, 6.07) is 12.4. The predicted octanol–water partition coefficient (Wildman–Crippen LogP) is 4.14. The summed E-state index contributed by atoms with van der Waals surface area (Å²) in [5.41, 5.74) is 1.39. The van der Waals surface area contributed by atoms with Crippen molar-refractivity contribution in [2.75, 3.05) is 25.7 Å². The molecule has 0 saturated heterocycles. The van der Waals surface area contributed by atoms with Crippen LogP contribution >= 0.6 is 11.6 Å². The van der Waals surface area contributed by atoms with Gasteiger partial charge < -0.3 is 19.7 Å². The van der Waals surface area contributed by atoms with Crippen LogP contribution in [0.3, 0.4) is 0 Å². The van der Waals surface area contributed by atoms with Crippen molar-refractivity contribution in [3.63, 3.8) is 0 Å². The molecule has 0 aliphatic rings. The maximum Gasteiger partial charge on any atom is 0.165 e. The van der Waals surface area contributed by atoms with Crippen molar-refractivity contribution >= 4 is 11.6 Å². The number of hydrogen-bond acceptors (Lipinski definition) is 4. The van der Waals surface area contributed by atoms with Crippen molar-refractivity contribution in [1.29, 1.82) is 0 Å². The van der Waals surface area contributed by atoms with E-state index in [4.69, 9.17) is 26.2 Å². The maximum absolute atomic E-state index is 14.5. The van der Waals surface area contributed by atoms with Gasteiger partial charge in [0.05, 0.1) is 13.2 Å². The second-order valence-corrected chi connectivity index (χ2v) is 7.82. The molecule has 2 N–H and O–H groups in total. The van der Waals surface area contributed by atoms with Gasteiger partial charge in [-0.1, -0.05) is 39.0 Å². The van der Waals surface area contributed by atoms with Crippen molar-refractivity contribution in [2.45, 2.75) is 32.3 Å². The van der Waals surface area contributed by atoms with Crippen LogP contribution in [0.4, 0.5) is 4.39 Å². The lowest BCUT2D eigenvalue weighted by Crippen LogP contribution is -2.21. The molecule has 0 saturated carbocycles. The van der Waals surface area contributed by atoms with Gasteiger partial charge in [0.15, 0.2) is 11.6 Å². The fraction of sp³-hybridized carbons (Fsp3) is 0.455. The van der Waals surface area contributed by atoms with Gasteiger partial charge in [-0.15, -0.1) is 11.6 Å². The lowest BCUT2D eigenvalue weighted by atomic mass is 9.78. The molecule has 2 aromatic carbocycles. The lowest BCUT2D eigenvalue weighted by molar-refractivity contribution is 0.0536. The second-order valence-electron chi connectivity index (χ2n) is 7.51. The molecule has 0 radical (unpaired) electrons. The monoisotopic (exact) mass is 410 g/mol. The molecule has 2 aromatic rings. The summed E-state index contributed by atoms with van der Waals surface area (Å²) < 4.78 is 25.4. The quantitative estimate of drug-likeness (QED) is 0.578. The number of ether oxygens (including phenoxy) is 2. The second kappa shape index (κ2) is 10.1. The predicted molar refractivity (Wildman–Crippen MR) is 109 cm³/mol. The van der Waals surface area contributed by atoms with Gasteiger partial charge in [0, 0.05) is 17.2 Å². The Bertz CT molecular complexity index is 749. The molecule has 6 heteroatoms. The van der Waals surface area contributed by atoms with E-state index in [1.54, 1.807) is 18.2 Å². The first kappa shape index (κ1) is 22.5. The third-order valence-corrected chi connectivity index (χ3v) is 5.20. The third-order valence-electron chi connectivity index (χ3n) is 4.67. The van der Waals surface area contributed by atoms with Gasteiger partial charge in [0.1, 0.15) is 18.5 Å². The molecule has 0 aromatic heterocycles. The molecule has 2 rings (SSSR count). The number of aliphatic hydroxyl groups is 2. The summed E-state index contributed by atoms with van der Waals surface area (Å²) in [5, 5.41) is 18.2. The summed E-state index contributed by atoms with van der Waals surface area (Å²) in [6.07, 6.45) is -0.910. The van der Waals surface area contributed by atoms with Crippen LogP contribution in [0.5, 0.6) is 11.5 Å². The molecule has 28 heavy (non-hydrogen) atoms. The van der Waals surface area contributed by atoms with Gasteiger partial charge in [-0.05, 0) is 35.4 Å². The number of benzene rings is 2. The Labute approximate surface area is 170 Å². The number of halogens is 2. The first-order chi connectivity index (χ1) is 13.3. The fourth-order valence-electron chi connectivity index (χ4n) is 2.66. The van der Waals surface area contributed by atoms with E-state index in [9.17, 15) is 9.50 Å². The molecule has 0 unspecified atom stereocenters. The lowest BCUT2D eigenvalue weighted by Gasteiger charge is -2.27. The van der Waals surface area contributed by atoms with Crippen LogP contribution in [0.15, 0.2) is 42.5 Å². The molecule has 4 nitrogen and oxygen atoms in total. The smallest absolute Gasteiger partial charge is 0.165 e. The highest BCUT2D eigenvalue weighted by Gasteiger charge is 2.24. The molecular formula is C22H28ClFO4. The van der Waals surface area contributed by atoms with Gasteiger partial charge in [-0.2, -0.15) is 0 Å². The Morgan fingerprint density at radius 2 is 1.68 bits per heavy atom. The van der Waals surface area contributed by atoms with Gasteiger partial charge in [-0.3, -0.25) is 0 Å². The van der Waals surface area contributed by atoms with E-state index < -0.39 is 17.3 Å². The topological polar surface area (TPSA) is 58.9 Å². The number of hydrogen-bond donors (Lipinski definition) is 2. The Balaban J connectivity index is 2.11. The molecule has 0 fully saturated rings. The number of aliphatic hydroxyl groups excluding tert-OH is 2. The molecule has 0 aliphatic heterocycles. The minimum Gasteiger partial charge on any atom is -0.491 e. The highest BCUT2D eigenvalue weighted by Crippen LogP contribution is 2.34. The normalized spacial score (nSPS) is 13.8. The van der Waals surface area contributed by atoms with Crippen molar-refractivity contribution in [3.05, 3.63) is 59.4 Å². The Kier molecular flexibility index (Phi) is 8.10. The number of rotatable bonds is 10. The molecule has 0 amide bonds. The molecular weight excluding hydrogens is 383 g/mol. The maximum atomic E-state index is 14.5. The minimum atomic E-state index is -0.910. The Morgan fingerprint density at radius 1 is 1.04 bits per heavy atom. The van der Waals surface area contributed by atoms with Gasteiger partial charge in [-0.25, -0.2) is 4.39 Å². The van der Waals surface area contributed by atoms with Crippen LogP contribution in [-0.2, 0) is 5.41 Å². The van der Waals surface area contributed by atoms with Gasteiger partial charge >= 0.3 is 0 Å². The van der Waals surface area contributed by atoms with E-state index in [0.29, 0.717) is 18.2 Å². The average Bonchev–Trinajstić information content (AvgIpc) is 2.70. The van der Waals surface area contributed by atoms with E-state index in [1.165, 1.54) is 6.07 Å². The summed E-state index contributed by atoms with van der Waals surface area (Å²) in [7, 11) is 0. The van der Waals surface area contributed by atoms with Crippen molar-refractivity contribution < 1.29 is 24.1 Å². The van der Waals surface area contributed by atoms with Crippen molar-refractivity contribution in [3.8, 4) is 11.5 Å². The summed E-state index contributed by atoms with van der Waals surface area (Å²) in [5.74, 6) is 1.03. The van der Waals surface area contributed by atoms with E-state index in [2.05, 4.69) is 0 Å². The highest BCUT2D eigenvalue weighted by molar-refractivity contribution is 6.18. The summed E-state index contributed by atoms with van der Waals surface area (Å²) >= 11 is 5.76.